The molecule has 1 aliphatic heterocycles. The first-order chi connectivity index (χ1) is 17.7. The highest BCUT2D eigenvalue weighted by molar-refractivity contribution is 7.99. The number of ether oxygens (including phenoxy) is 1. The van der Waals surface area contributed by atoms with Gasteiger partial charge in [0.25, 0.3) is 0 Å². The van der Waals surface area contributed by atoms with E-state index in [9.17, 15) is 29.7 Å². The second-order valence-corrected chi connectivity index (χ2v) is 10.3. The van der Waals surface area contributed by atoms with Gasteiger partial charge in [-0.3, -0.25) is 14.4 Å². The van der Waals surface area contributed by atoms with Crippen molar-refractivity contribution in [3.63, 3.8) is 0 Å². The van der Waals surface area contributed by atoms with E-state index in [0.717, 1.165) is 11.8 Å². The number of Topliss-reactive ketones (excluding diaryl/α,β-unsaturated/α-hetero) is 3. The van der Waals surface area contributed by atoms with E-state index in [1.54, 1.807) is 61.5 Å². The van der Waals surface area contributed by atoms with Gasteiger partial charge in [-0.25, -0.2) is 0 Å². The molecule has 1 fully saturated rings. The fourth-order valence-electron chi connectivity index (χ4n) is 4.60. The normalized spacial score (nSPS) is 26.3. The van der Waals surface area contributed by atoms with Crippen molar-refractivity contribution in [1.82, 2.24) is 0 Å². The Balaban J connectivity index is 1.81. The molecule has 1 saturated heterocycles. The fraction of sp³-hybridized carbons (Fsp3) is 0.276. The lowest BCUT2D eigenvalue weighted by Gasteiger charge is -2.50. The number of aliphatic hydroxyl groups is 3. The number of carbonyl (C=O) groups is 3. The zero-order valence-corrected chi connectivity index (χ0v) is 21.0. The molecule has 1 unspecified atom stereocenters. The molecular formula is C29H28O7S. The van der Waals surface area contributed by atoms with Gasteiger partial charge in [-0.15, -0.1) is 11.8 Å². The maximum absolute atomic E-state index is 13.7. The Labute approximate surface area is 219 Å². The summed E-state index contributed by atoms with van der Waals surface area (Å²) in [5.41, 5.74) is -5.79. The van der Waals surface area contributed by atoms with Gasteiger partial charge in [0.1, 0.15) is 17.6 Å². The largest absolute Gasteiger partial charge is 0.382 e. The van der Waals surface area contributed by atoms with E-state index in [-0.39, 0.29) is 16.7 Å². The molecule has 8 heteroatoms. The van der Waals surface area contributed by atoms with Gasteiger partial charge < -0.3 is 20.1 Å². The second kappa shape index (κ2) is 11.1. The summed E-state index contributed by atoms with van der Waals surface area (Å²) in [6.07, 6.45) is -4.47. The van der Waals surface area contributed by atoms with E-state index in [0.29, 0.717) is 5.75 Å². The van der Waals surface area contributed by atoms with Gasteiger partial charge in [-0.05, 0) is 5.75 Å². The van der Waals surface area contributed by atoms with Gasteiger partial charge in [0.15, 0.2) is 28.6 Å². The Morgan fingerprint density at radius 2 is 1.24 bits per heavy atom. The van der Waals surface area contributed by atoms with Crippen LogP contribution in [0, 0.1) is 0 Å². The van der Waals surface area contributed by atoms with E-state index in [2.05, 4.69) is 0 Å². The molecule has 0 aromatic heterocycles. The molecule has 0 radical (unpaired) electrons. The minimum absolute atomic E-state index is 0.0778. The zero-order chi connectivity index (χ0) is 26.6. The molecule has 192 valence electrons. The third kappa shape index (κ3) is 5.16. The molecule has 3 aromatic rings. The van der Waals surface area contributed by atoms with Crippen LogP contribution in [0.4, 0.5) is 0 Å². The molecule has 0 saturated carbocycles. The number of thioether (sulfide) groups is 1. The van der Waals surface area contributed by atoms with Crippen LogP contribution in [0.2, 0.25) is 0 Å². The summed E-state index contributed by atoms with van der Waals surface area (Å²) < 4.78 is 6.00. The SMILES string of the molecule is CCS[C@@H]1O[C@H](C(O)C(=O)c2ccccc2)[C@](O)(C(=O)c2ccccc2)C[C@]1(O)C(=O)c1ccccc1. The number of aliphatic hydroxyl groups excluding tert-OH is 1. The molecule has 7 nitrogen and oxygen atoms in total. The third-order valence-electron chi connectivity index (χ3n) is 6.46. The maximum Gasteiger partial charge on any atom is 0.198 e. The average Bonchev–Trinajstić information content (AvgIpc) is 2.94. The van der Waals surface area contributed by atoms with Crippen LogP contribution in [0.3, 0.4) is 0 Å². The van der Waals surface area contributed by atoms with Crippen LogP contribution in [0.1, 0.15) is 44.4 Å². The summed E-state index contributed by atoms with van der Waals surface area (Å²) in [6, 6.07) is 23.8. The van der Waals surface area contributed by atoms with Crippen molar-refractivity contribution < 1.29 is 34.4 Å². The number of benzene rings is 3. The second-order valence-electron chi connectivity index (χ2n) is 8.93. The summed E-state index contributed by atoms with van der Waals surface area (Å²) in [5, 5.41) is 34.9. The quantitative estimate of drug-likeness (QED) is 0.368. The fourth-order valence-corrected chi connectivity index (χ4v) is 5.57. The standard InChI is InChI=1S/C29H28O7S/c1-2-37-27-29(35,25(33)21-16-10-5-11-17-21)18-28(34,24(32)20-14-8-4-9-15-20)26(36-27)23(31)22(30)19-12-6-3-7-13-19/h3-17,23,26-27,31,34-35H,2,18H2,1H3/t23?,26-,27+,28-,29+/m1/s1. The number of rotatable bonds is 9. The van der Waals surface area contributed by atoms with Crippen molar-refractivity contribution >= 4 is 29.1 Å². The minimum Gasteiger partial charge on any atom is -0.382 e. The Morgan fingerprint density at radius 3 is 1.70 bits per heavy atom. The van der Waals surface area contributed by atoms with Gasteiger partial charge in [0.05, 0.1) is 0 Å². The molecule has 0 bridgehead atoms. The Kier molecular flexibility index (Phi) is 8.06. The topological polar surface area (TPSA) is 121 Å². The van der Waals surface area contributed by atoms with Crippen molar-refractivity contribution in [1.29, 1.82) is 0 Å². The lowest BCUT2D eigenvalue weighted by atomic mass is 9.71. The van der Waals surface area contributed by atoms with E-state index in [1.165, 1.54) is 36.4 Å². The van der Waals surface area contributed by atoms with Crippen LogP contribution in [0.25, 0.3) is 0 Å². The van der Waals surface area contributed by atoms with Crippen LogP contribution in [0.15, 0.2) is 91.0 Å². The lowest BCUT2D eigenvalue weighted by molar-refractivity contribution is -0.213. The summed E-state index contributed by atoms with van der Waals surface area (Å²) in [5.74, 6) is -1.96. The first kappa shape index (κ1) is 26.9. The summed E-state index contributed by atoms with van der Waals surface area (Å²) >= 11 is 1.08. The molecule has 1 heterocycles. The predicted octanol–water partition coefficient (Wildman–Crippen LogP) is 3.33. The van der Waals surface area contributed by atoms with Gasteiger partial charge in [-0.2, -0.15) is 0 Å². The molecule has 0 amide bonds. The van der Waals surface area contributed by atoms with E-state index < -0.39 is 52.6 Å². The van der Waals surface area contributed by atoms with Gasteiger partial charge in [-0.1, -0.05) is 97.9 Å². The summed E-state index contributed by atoms with van der Waals surface area (Å²) in [7, 11) is 0. The van der Waals surface area contributed by atoms with Crippen molar-refractivity contribution in [2.24, 2.45) is 0 Å². The first-order valence-corrected chi connectivity index (χ1v) is 13.0. The minimum atomic E-state index is -2.60. The van der Waals surface area contributed by atoms with Gasteiger partial charge in [0.2, 0.25) is 0 Å². The van der Waals surface area contributed by atoms with Crippen LogP contribution >= 0.6 is 11.8 Å². The molecule has 37 heavy (non-hydrogen) atoms. The predicted molar refractivity (Wildman–Crippen MR) is 140 cm³/mol. The van der Waals surface area contributed by atoms with Crippen LogP contribution in [-0.2, 0) is 4.74 Å². The van der Waals surface area contributed by atoms with E-state index in [4.69, 9.17) is 4.74 Å². The highest BCUT2D eigenvalue weighted by Crippen LogP contribution is 2.45. The first-order valence-electron chi connectivity index (χ1n) is 11.9. The van der Waals surface area contributed by atoms with Crippen molar-refractivity contribution in [3.8, 4) is 0 Å². The maximum atomic E-state index is 13.7. The average molecular weight is 521 g/mol. The van der Waals surface area contributed by atoms with E-state index in [1.807, 2.05) is 0 Å². The molecule has 4 rings (SSSR count). The Bertz CT molecular complexity index is 1250. The molecule has 3 aromatic carbocycles. The summed E-state index contributed by atoms with van der Waals surface area (Å²) in [4.78, 5) is 40.5. The molecule has 1 aliphatic rings. The molecule has 0 spiro atoms. The van der Waals surface area contributed by atoms with Crippen molar-refractivity contribution in [3.05, 3.63) is 108 Å². The molecule has 3 N–H and O–H groups in total. The number of hydrogen-bond donors (Lipinski definition) is 3. The van der Waals surface area contributed by atoms with Gasteiger partial charge >= 0.3 is 0 Å². The lowest BCUT2D eigenvalue weighted by Crippen LogP contribution is -2.70. The number of carbonyl (C=O) groups excluding carboxylic acids is 3. The Hall–Kier alpha value is -3.14. The molecule has 0 aliphatic carbocycles. The van der Waals surface area contributed by atoms with Crippen molar-refractivity contribution in [2.75, 3.05) is 5.75 Å². The molecule has 5 atom stereocenters. The van der Waals surface area contributed by atoms with Crippen LogP contribution < -0.4 is 0 Å². The Morgan fingerprint density at radius 1 is 0.811 bits per heavy atom. The van der Waals surface area contributed by atoms with Crippen molar-refractivity contribution in [2.45, 2.75) is 42.2 Å². The molecular weight excluding hydrogens is 492 g/mol. The van der Waals surface area contributed by atoms with Crippen LogP contribution in [-0.4, -0.2) is 67.3 Å². The van der Waals surface area contributed by atoms with Crippen LogP contribution in [0.5, 0.6) is 0 Å². The smallest absolute Gasteiger partial charge is 0.198 e. The highest BCUT2D eigenvalue weighted by atomic mass is 32.2. The third-order valence-corrected chi connectivity index (χ3v) is 7.60. The highest BCUT2D eigenvalue weighted by Gasteiger charge is 2.63. The number of ketones is 3. The van der Waals surface area contributed by atoms with E-state index >= 15 is 0 Å². The summed E-state index contributed by atoms with van der Waals surface area (Å²) in [6.45, 7) is 1.79. The monoisotopic (exact) mass is 520 g/mol. The number of hydrogen-bond acceptors (Lipinski definition) is 8. The van der Waals surface area contributed by atoms with Gasteiger partial charge in [0, 0.05) is 23.1 Å². The zero-order valence-electron chi connectivity index (χ0n) is 20.2.